The summed E-state index contributed by atoms with van der Waals surface area (Å²) in [6.45, 7) is 0.935. The van der Waals surface area contributed by atoms with Crippen molar-refractivity contribution >= 4 is 5.82 Å². The summed E-state index contributed by atoms with van der Waals surface area (Å²) < 4.78 is 5.34. The molecule has 86 valence electrons. The Morgan fingerprint density at radius 1 is 1.50 bits per heavy atom. The second kappa shape index (κ2) is 4.36. The molecule has 3 N–H and O–H groups in total. The molecule has 0 aliphatic rings. The van der Waals surface area contributed by atoms with E-state index in [1.807, 2.05) is 14.1 Å². The van der Waals surface area contributed by atoms with E-state index in [0.29, 0.717) is 17.4 Å². The Morgan fingerprint density at radius 2 is 2.31 bits per heavy atom. The van der Waals surface area contributed by atoms with Crippen LogP contribution in [0, 0.1) is 0 Å². The molecule has 6 heteroatoms. The van der Waals surface area contributed by atoms with Crippen molar-refractivity contribution in [3.05, 3.63) is 18.3 Å². The van der Waals surface area contributed by atoms with Gasteiger partial charge in [-0.1, -0.05) is 0 Å². The van der Waals surface area contributed by atoms with Crippen LogP contribution in [0.2, 0.25) is 0 Å². The van der Waals surface area contributed by atoms with Crippen LogP contribution in [0.5, 0.6) is 0 Å². The molecule has 2 heterocycles. The molecule has 0 radical (unpaired) electrons. The molecule has 6 nitrogen and oxygen atoms in total. The van der Waals surface area contributed by atoms with E-state index < -0.39 is 0 Å². The highest BCUT2D eigenvalue weighted by Crippen LogP contribution is 2.20. The molecule has 0 aliphatic heterocycles. The lowest BCUT2D eigenvalue weighted by molar-refractivity contribution is 0.411. The molecule has 0 atom stereocenters. The number of nitrogen functional groups attached to an aromatic ring is 1. The Balaban J connectivity index is 2.11. The number of rotatable bonds is 4. The van der Waals surface area contributed by atoms with Gasteiger partial charge in [-0.3, -0.25) is 0 Å². The lowest BCUT2D eigenvalue weighted by Gasteiger charge is -2.06. The van der Waals surface area contributed by atoms with Gasteiger partial charge in [0.25, 0.3) is 0 Å². The fourth-order valence-electron chi connectivity index (χ4n) is 1.35. The van der Waals surface area contributed by atoms with E-state index in [1.165, 1.54) is 6.33 Å². The maximum atomic E-state index is 5.65. The molecule has 0 amide bonds. The maximum Gasteiger partial charge on any atom is 0.246 e. The minimum Gasteiger partial charge on any atom is -0.443 e. The molecular formula is C10H15N5O. The number of oxazole rings is 1. The Kier molecular flexibility index (Phi) is 2.91. The number of aromatic amines is 1. The van der Waals surface area contributed by atoms with Gasteiger partial charge in [-0.2, -0.15) is 0 Å². The van der Waals surface area contributed by atoms with Gasteiger partial charge < -0.3 is 20.0 Å². The summed E-state index contributed by atoms with van der Waals surface area (Å²) in [7, 11) is 4.04. The van der Waals surface area contributed by atoms with Crippen LogP contribution in [0.1, 0.15) is 5.69 Å². The highest BCUT2D eigenvalue weighted by Gasteiger charge is 2.11. The van der Waals surface area contributed by atoms with Crippen LogP contribution in [0.25, 0.3) is 11.6 Å². The molecule has 2 aromatic rings. The lowest BCUT2D eigenvalue weighted by atomic mass is 10.3. The van der Waals surface area contributed by atoms with E-state index in [2.05, 4.69) is 19.9 Å². The molecule has 0 unspecified atom stereocenters. The Bertz CT molecular complexity index is 459. The van der Waals surface area contributed by atoms with Gasteiger partial charge in [0.15, 0.2) is 5.82 Å². The predicted molar refractivity (Wildman–Crippen MR) is 60.8 cm³/mol. The normalized spacial score (nSPS) is 11.2. The topological polar surface area (TPSA) is 84.0 Å². The van der Waals surface area contributed by atoms with Crippen LogP contribution in [-0.2, 0) is 6.42 Å². The molecule has 0 aliphatic carbocycles. The third-order valence-corrected chi connectivity index (χ3v) is 2.25. The molecule has 0 fully saturated rings. The minimum atomic E-state index is 0.404. The van der Waals surface area contributed by atoms with Crippen LogP contribution >= 0.6 is 0 Å². The van der Waals surface area contributed by atoms with E-state index in [4.69, 9.17) is 10.2 Å². The molecule has 0 aromatic carbocycles. The summed E-state index contributed by atoms with van der Waals surface area (Å²) in [5.74, 6) is 0.893. The summed E-state index contributed by atoms with van der Waals surface area (Å²) in [5.41, 5.74) is 7.20. The van der Waals surface area contributed by atoms with Crippen molar-refractivity contribution < 1.29 is 4.42 Å². The highest BCUT2D eigenvalue weighted by atomic mass is 16.3. The summed E-state index contributed by atoms with van der Waals surface area (Å²) in [5, 5.41) is 0. The van der Waals surface area contributed by atoms with Gasteiger partial charge in [-0.05, 0) is 14.1 Å². The first-order valence-electron chi connectivity index (χ1n) is 5.05. The van der Waals surface area contributed by atoms with Crippen molar-refractivity contribution in [2.45, 2.75) is 6.42 Å². The average Bonchev–Trinajstić information content (AvgIpc) is 2.83. The third-order valence-electron chi connectivity index (χ3n) is 2.25. The van der Waals surface area contributed by atoms with Gasteiger partial charge in [0.05, 0.1) is 12.0 Å². The summed E-state index contributed by atoms with van der Waals surface area (Å²) >= 11 is 0. The van der Waals surface area contributed by atoms with E-state index in [1.54, 1.807) is 6.26 Å². The van der Waals surface area contributed by atoms with Crippen LogP contribution in [-0.4, -0.2) is 40.5 Å². The fraction of sp³-hybridized carbons (Fsp3) is 0.400. The van der Waals surface area contributed by atoms with Gasteiger partial charge >= 0.3 is 0 Å². The second-order valence-corrected chi connectivity index (χ2v) is 3.86. The Hall–Kier alpha value is -1.82. The molecular weight excluding hydrogens is 206 g/mol. The average molecular weight is 221 g/mol. The molecule has 0 bridgehead atoms. The number of imidazole rings is 1. The van der Waals surface area contributed by atoms with Crippen molar-refractivity contribution in [1.82, 2.24) is 19.9 Å². The molecule has 16 heavy (non-hydrogen) atoms. The predicted octanol–water partition coefficient (Wildman–Crippen LogP) is 0.751. The number of nitrogens with two attached hydrogens (primary N) is 1. The van der Waals surface area contributed by atoms with E-state index >= 15 is 0 Å². The SMILES string of the molecule is CN(C)CCc1coc(-c2[nH]cnc2N)n1. The minimum absolute atomic E-state index is 0.404. The number of aromatic nitrogens is 3. The van der Waals surface area contributed by atoms with Crippen molar-refractivity contribution in [3.8, 4) is 11.6 Å². The third kappa shape index (κ3) is 2.22. The van der Waals surface area contributed by atoms with E-state index in [-0.39, 0.29) is 0 Å². The first-order chi connectivity index (χ1) is 7.66. The zero-order chi connectivity index (χ0) is 11.5. The molecule has 2 rings (SSSR count). The molecule has 0 saturated carbocycles. The number of hydrogen-bond donors (Lipinski definition) is 2. The zero-order valence-corrected chi connectivity index (χ0v) is 9.40. The van der Waals surface area contributed by atoms with E-state index in [0.717, 1.165) is 18.7 Å². The maximum absolute atomic E-state index is 5.65. The first kappa shape index (κ1) is 10.7. The monoisotopic (exact) mass is 221 g/mol. The van der Waals surface area contributed by atoms with Crippen molar-refractivity contribution in [2.24, 2.45) is 0 Å². The largest absolute Gasteiger partial charge is 0.443 e. The number of H-pyrrole nitrogens is 1. The molecule has 0 spiro atoms. The van der Waals surface area contributed by atoms with Crippen LogP contribution in [0.3, 0.4) is 0 Å². The van der Waals surface area contributed by atoms with Crippen molar-refractivity contribution in [2.75, 3.05) is 26.4 Å². The smallest absolute Gasteiger partial charge is 0.246 e. The van der Waals surface area contributed by atoms with Gasteiger partial charge in [-0.25, -0.2) is 9.97 Å². The first-order valence-corrected chi connectivity index (χ1v) is 5.05. The summed E-state index contributed by atoms with van der Waals surface area (Å²) in [6, 6.07) is 0. The van der Waals surface area contributed by atoms with Gasteiger partial charge in [0.2, 0.25) is 5.89 Å². The Labute approximate surface area is 93.5 Å². The zero-order valence-electron chi connectivity index (χ0n) is 9.40. The van der Waals surface area contributed by atoms with E-state index in [9.17, 15) is 0 Å². The summed E-state index contributed by atoms with van der Waals surface area (Å²) in [4.78, 5) is 13.2. The standard InChI is InChI=1S/C10H15N5O/c1-15(2)4-3-7-5-16-10(14-7)8-9(11)13-6-12-8/h5-6H,3-4,11H2,1-2H3,(H,12,13). The van der Waals surface area contributed by atoms with Crippen LogP contribution in [0.4, 0.5) is 5.82 Å². The quantitative estimate of drug-likeness (QED) is 0.796. The molecule has 0 saturated heterocycles. The van der Waals surface area contributed by atoms with Crippen LogP contribution in [0.15, 0.2) is 17.0 Å². The molecule has 2 aromatic heterocycles. The van der Waals surface area contributed by atoms with Crippen LogP contribution < -0.4 is 5.73 Å². The Morgan fingerprint density at radius 3 is 2.94 bits per heavy atom. The van der Waals surface area contributed by atoms with Crippen molar-refractivity contribution in [1.29, 1.82) is 0 Å². The highest BCUT2D eigenvalue weighted by molar-refractivity contribution is 5.62. The number of likely N-dealkylation sites (N-methyl/N-ethyl adjacent to an activating group) is 1. The van der Waals surface area contributed by atoms with Crippen molar-refractivity contribution in [3.63, 3.8) is 0 Å². The second-order valence-electron chi connectivity index (χ2n) is 3.86. The van der Waals surface area contributed by atoms with Gasteiger partial charge in [-0.15, -0.1) is 0 Å². The lowest BCUT2D eigenvalue weighted by Crippen LogP contribution is -2.15. The van der Waals surface area contributed by atoms with Gasteiger partial charge in [0, 0.05) is 13.0 Å². The number of nitrogens with zero attached hydrogens (tertiary/aromatic N) is 3. The number of nitrogens with one attached hydrogen (secondary N) is 1. The van der Waals surface area contributed by atoms with Gasteiger partial charge in [0.1, 0.15) is 12.0 Å². The fourth-order valence-corrected chi connectivity index (χ4v) is 1.35. The summed E-state index contributed by atoms with van der Waals surface area (Å²) in [6.07, 6.45) is 4.03. The number of anilines is 1. The number of hydrogen-bond acceptors (Lipinski definition) is 5.